The van der Waals surface area contributed by atoms with Gasteiger partial charge in [0.25, 0.3) is 0 Å². The lowest BCUT2D eigenvalue weighted by Gasteiger charge is -2.67. The molecule has 2 spiro atoms. The van der Waals surface area contributed by atoms with Crippen LogP contribution in [0.25, 0.3) is 0 Å². The van der Waals surface area contributed by atoms with E-state index in [4.69, 9.17) is 14.2 Å². The lowest BCUT2D eigenvalue weighted by atomic mass is 9.41. The van der Waals surface area contributed by atoms with Crippen molar-refractivity contribution in [2.24, 2.45) is 29.1 Å². The lowest BCUT2D eigenvalue weighted by molar-refractivity contribution is -0.258. The normalized spacial score (nSPS) is 50.6. The first-order valence-corrected chi connectivity index (χ1v) is 11.2. The highest BCUT2D eigenvalue weighted by Crippen LogP contribution is 2.76. The zero-order valence-electron chi connectivity index (χ0n) is 17.5. The van der Waals surface area contributed by atoms with Gasteiger partial charge in [0.15, 0.2) is 0 Å². The van der Waals surface area contributed by atoms with Crippen molar-refractivity contribution in [2.45, 2.75) is 83.5 Å². The fourth-order valence-electron chi connectivity index (χ4n) is 8.14. The molecule has 3 aliphatic carbocycles. The van der Waals surface area contributed by atoms with Gasteiger partial charge in [-0.3, -0.25) is 0 Å². The third-order valence-corrected chi connectivity index (χ3v) is 9.34. The van der Waals surface area contributed by atoms with Gasteiger partial charge < -0.3 is 14.2 Å². The molecule has 0 aromatic carbocycles. The number of allylic oxidation sites excluding steroid dienone is 3. The fourth-order valence-corrected chi connectivity index (χ4v) is 8.14. The Hall–Kier alpha value is -1.29. The van der Waals surface area contributed by atoms with E-state index in [0.717, 1.165) is 50.0 Å². The number of carbonyl (C=O) groups excluding carboxylic acids is 1. The summed E-state index contributed by atoms with van der Waals surface area (Å²) >= 11 is 0. The average Bonchev–Trinajstić information content (AvgIpc) is 3.22. The minimum atomic E-state index is -0.211. The molecule has 0 amide bonds. The molecule has 7 unspecified atom stereocenters. The molecule has 4 nitrogen and oxygen atoms in total. The highest BCUT2D eigenvalue weighted by atomic mass is 16.6. The van der Waals surface area contributed by atoms with Gasteiger partial charge in [-0.25, -0.2) is 4.79 Å². The van der Waals surface area contributed by atoms with Crippen molar-refractivity contribution in [3.63, 3.8) is 0 Å². The Morgan fingerprint density at radius 3 is 2.64 bits per heavy atom. The van der Waals surface area contributed by atoms with Gasteiger partial charge in [0.05, 0.1) is 17.8 Å². The molecule has 4 heteroatoms. The van der Waals surface area contributed by atoms with Crippen LogP contribution in [0.15, 0.2) is 23.0 Å². The van der Waals surface area contributed by atoms with Crippen LogP contribution in [0.3, 0.4) is 0 Å². The highest BCUT2D eigenvalue weighted by molar-refractivity contribution is 5.91. The van der Waals surface area contributed by atoms with Crippen molar-refractivity contribution in [3.05, 3.63) is 23.0 Å². The Labute approximate surface area is 167 Å². The number of ether oxygens (including phenoxy) is 3. The monoisotopic (exact) mass is 384 g/mol. The van der Waals surface area contributed by atoms with E-state index < -0.39 is 0 Å². The van der Waals surface area contributed by atoms with E-state index >= 15 is 0 Å². The standard InChI is InChI=1S/C24H32O4/c1-13-6-5-10-23(12-26-23)19-16(8-7-13)24-11-9-15-18(24)17(21(25)27-20(19)24)14(2)28-22(15,3)4/h6,15-16,18-20H,5,7-12H2,1-4H3. The van der Waals surface area contributed by atoms with Crippen molar-refractivity contribution >= 4 is 5.97 Å². The predicted molar refractivity (Wildman–Crippen MR) is 104 cm³/mol. The van der Waals surface area contributed by atoms with E-state index in [1.165, 1.54) is 12.0 Å². The summed E-state index contributed by atoms with van der Waals surface area (Å²) in [5.74, 6) is 2.35. The zero-order valence-corrected chi connectivity index (χ0v) is 17.5. The summed E-state index contributed by atoms with van der Waals surface area (Å²) < 4.78 is 18.6. The van der Waals surface area contributed by atoms with Gasteiger partial charge in [-0.05, 0) is 72.1 Å². The molecule has 7 atom stereocenters. The van der Waals surface area contributed by atoms with Crippen LogP contribution in [0.4, 0.5) is 0 Å². The summed E-state index contributed by atoms with van der Waals surface area (Å²) in [6.45, 7) is 9.52. The molecule has 3 heterocycles. The summed E-state index contributed by atoms with van der Waals surface area (Å²) in [4.78, 5) is 13.1. The van der Waals surface area contributed by atoms with Crippen LogP contribution in [-0.4, -0.2) is 29.9 Å². The number of hydrogen-bond donors (Lipinski definition) is 0. The first kappa shape index (κ1) is 17.6. The Balaban J connectivity index is 1.48. The molecule has 2 saturated carbocycles. The summed E-state index contributed by atoms with van der Waals surface area (Å²) in [5.41, 5.74) is 2.21. The van der Waals surface area contributed by atoms with Crippen molar-refractivity contribution in [3.8, 4) is 0 Å². The number of esters is 1. The molecule has 4 fully saturated rings. The second-order valence-corrected chi connectivity index (χ2v) is 10.9. The van der Waals surface area contributed by atoms with Crippen molar-refractivity contribution < 1.29 is 19.0 Å². The lowest BCUT2D eigenvalue weighted by Crippen LogP contribution is -2.72. The van der Waals surface area contributed by atoms with E-state index in [2.05, 4.69) is 26.8 Å². The van der Waals surface area contributed by atoms with Gasteiger partial charge in [0, 0.05) is 23.2 Å². The topological polar surface area (TPSA) is 48.1 Å². The number of rotatable bonds is 0. The Morgan fingerprint density at radius 2 is 1.89 bits per heavy atom. The zero-order chi connectivity index (χ0) is 19.5. The summed E-state index contributed by atoms with van der Waals surface area (Å²) in [5, 5.41) is 0. The van der Waals surface area contributed by atoms with Gasteiger partial charge in [-0.15, -0.1) is 0 Å². The van der Waals surface area contributed by atoms with Gasteiger partial charge >= 0.3 is 5.97 Å². The molecule has 0 radical (unpaired) electrons. The van der Waals surface area contributed by atoms with Crippen LogP contribution in [0.5, 0.6) is 0 Å². The van der Waals surface area contributed by atoms with Crippen molar-refractivity contribution in [1.29, 1.82) is 0 Å². The van der Waals surface area contributed by atoms with Gasteiger partial charge in [-0.2, -0.15) is 0 Å². The molecular weight excluding hydrogens is 352 g/mol. The molecule has 0 bridgehead atoms. The predicted octanol–water partition coefficient (Wildman–Crippen LogP) is 4.54. The van der Waals surface area contributed by atoms with Crippen LogP contribution in [0.1, 0.15) is 66.2 Å². The Morgan fingerprint density at radius 1 is 1.11 bits per heavy atom. The van der Waals surface area contributed by atoms with Gasteiger partial charge in [0.1, 0.15) is 17.5 Å². The summed E-state index contributed by atoms with van der Waals surface area (Å²) in [7, 11) is 0. The molecule has 6 aliphatic rings. The molecule has 152 valence electrons. The minimum Gasteiger partial charge on any atom is -0.492 e. The SMILES string of the molecule is CC1=CCCC2(CO2)C2C(CC1)C13CCC4C1C(=C(C)OC4(C)C)C(=O)OC23. The summed E-state index contributed by atoms with van der Waals surface area (Å²) in [6.07, 6.45) is 9.24. The second-order valence-electron chi connectivity index (χ2n) is 10.9. The van der Waals surface area contributed by atoms with E-state index in [-0.39, 0.29) is 28.7 Å². The van der Waals surface area contributed by atoms with Crippen LogP contribution in [0.2, 0.25) is 0 Å². The molecule has 6 rings (SSSR count). The molecule has 0 aromatic heterocycles. The van der Waals surface area contributed by atoms with Crippen molar-refractivity contribution in [1.82, 2.24) is 0 Å². The quantitative estimate of drug-likeness (QED) is 0.349. The second kappa shape index (κ2) is 5.24. The van der Waals surface area contributed by atoms with E-state index in [9.17, 15) is 4.79 Å². The third-order valence-electron chi connectivity index (χ3n) is 9.34. The van der Waals surface area contributed by atoms with Crippen LogP contribution >= 0.6 is 0 Å². The molecule has 28 heavy (non-hydrogen) atoms. The smallest absolute Gasteiger partial charge is 0.338 e. The Bertz CT molecular complexity index is 816. The highest BCUT2D eigenvalue weighted by Gasteiger charge is 2.80. The van der Waals surface area contributed by atoms with Crippen LogP contribution in [0, 0.1) is 29.1 Å². The number of carbonyl (C=O) groups is 1. The molecule has 3 aliphatic heterocycles. The van der Waals surface area contributed by atoms with E-state index in [0.29, 0.717) is 23.7 Å². The first-order valence-electron chi connectivity index (χ1n) is 11.2. The minimum absolute atomic E-state index is 0.0337. The maximum atomic E-state index is 13.1. The molecule has 0 N–H and O–H groups in total. The molecular formula is C24H32O4. The maximum absolute atomic E-state index is 13.1. The molecule has 0 aromatic rings. The van der Waals surface area contributed by atoms with Crippen molar-refractivity contribution in [2.75, 3.05) is 6.61 Å². The average molecular weight is 385 g/mol. The van der Waals surface area contributed by atoms with Gasteiger partial charge in [0.2, 0.25) is 0 Å². The Kier molecular flexibility index (Phi) is 3.29. The van der Waals surface area contributed by atoms with E-state index in [1.807, 2.05) is 6.92 Å². The first-order chi connectivity index (χ1) is 13.3. The van der Waals surface area contributed by atoms with Gasteiger partial charge in [-0.1, -0.05) is 11.6 Å². The largest absolute Gasteiger partial charge is 0.492 e. The molecule has 2 saturated heterocycles. The van der Waals surface area contributed by atoms with Crippen LogP contribution < -0.4 is 0 Å². The maximum Gasteiger partial charge on any atom is 0.338 e. The third kappa shape index (κ3) is 1.94. The van der Waals surface area contributed by atoms with Crippen LogP contribution in [-0.2, 0) is 19.0 Å². The summed E-state index contributed by atoms with van der Waals surface area (Å²) in [6, 6.07) is 0. The van der Waals surface area contributed by atoms with E-state index in [1.54, 1.807) is 0 Å². The number of hydrogen-bond acceptors (Lipinski definition) is 4. The fraction of sp³-hybridized carbons (Fsp3) is 0.792. The number of epoxide rings is 1. The number of fused-ring (bicyclic) bond motifs is 3.